The van der Waals surface area contributed by atoms with E-state index >= 15 is 0 Å². The van der Waals surface area contributed by atoms with Gasteiger partial charge < -0.3 is 4.57 Å². The normalized spacial score (nSPS) is 16.4. The molecule has 28 heavy (non-hydrogen) atoms. The summed E-state index contributed by atoms with van der Waals surface area (Å²) in [6.07, 6.45) is 3.28. The van der Waals surface area contributed by atoms with Crippen LogP contribution in [0, 0.1) is 13.8 Å². The maximum atomic E-state index is 12.9. The van der Waals surface area contributed by atoms with E-state index in [9.17, 15) is 13.2 Å². The van der Waals surface area contributed by atoms with Crippen LogP contribution in [-0.2, 0) is 10.0 Å². The van der Waals surface area contributed by atoms with Crippen molar-refractivity contribution < 1.29 is 13.2 Å². The van der Waals surface area contributed by atoms with Crippen LogP contribution in [-0.4, -0.2) is 73.2 Å². The van der Waals surface area contributed by atoms with Crippen molar-refractivity contribution >= 4 is 27.6 Å². The lowest BCUT2D eigenvalue weighted by molar-refractivity contribution is 0.0901. The maximum absolute atomic E-state index is 12.9. The number of piperazine rings is 1. The van der Waals surface area contributed by atoms with E-state index in [1.54, 1.807) is 11.8 Å². The van der Waals surface area contributed by atoms with Crippen molar-refractivity contribution in [2.45, 2.75) is 18.7 Å². The summed E-state index contributed by atoms with van der Waals surface area (Å²) < 4.78 is 26.9. The molecule has 1 saturated heterocycles. The van der Waals surface area contributed by atoms with E-state index in [2.05, 4.69) is 22.8 Å². The van der Waals surface area contributed by atoms with E-state index in [0.717, 1.165) is 22.6 Å². The molecule has 2 aromatic rings. The summed E-state index contributed by atoms with van der Waals surface area (Å²) >= 11 is 1.69. The van der Waals surface area contributed by atoms with Crippen LogP contribution in [0.2, 0.25) is 0 Å². The molecule has 1 aromatic carbocycles. The highest BCUT2D eigenvalue weighted by Crippen LogP contribution is 2.25. The van der Waals surface area contributed by atoms with Crippen molar-refractivity contribution in [1.82, 2.24) is 13.8 Å². The lowest BCUT2D eigenvalue weighted by Crippen LogP contribution is -2.49. The van der Waals surface area contributed by atoms with Crippen LogP contribution < -0.4 is 0 Å². The Bertz CT molecular complexity index is 975. The minimum absolute atomic E-state index is 0.0770. The van der Waals surface area contributed by atoms with Crippen molar-refractivity contribution in [2.24, 2.45) is 0 Å². The first kappa shape index (κ1) is 21.1. The first-order valence-corrected chi connectivity index (χ1v) is 12.3. The molecule has 1 fully saturated rings. The number of thioether (sulfide) groups is 1. The Balaban J connectivity index is 1.75. The molecule has 1 aromatic heterocycles. The van der Waals surface area contributed by atoms with Gasteiger partial charge >= 0.3 is 0 Å². The molecule has 0 amide bonds. The second-order valence-electron chi connectivity index (χ2n) is 7.18. The summed E-state index contributed by atoms with van der Waals surface area (Å²) in [7, 11) is -3.16. The van der Waals surface area contributed by atoms with Gasteiger partial charge in [-0.2, -0.15) is 4.31 Å². The summed E-state index contributed by atoms with van der Waals surface area (Å²) in [5.74, 6) is 0.0770. The van der Waals surface area contributed by atoms with Crippen molar-refractivity contribution in [3.05, 3.63) is 47.3 Å². The highest BCUT2D eigenvalue weighted by Gasteiger charge is 2.26. The first-order chi connectivity index (χ1) is 13.2. The number of Topliss-reactive ketones (excluding diaryl/α,β-unsaturated/α-hetero) is 1. The highest BCUT2D eigenvalue weighted by atomic mass is 32.2. The van der Waals surface area contributed by atoms with E-state index in [-0.39, 0.29) is 5.78 Å². The summed E-state index contributed by atoms with van der Waals surface area (Å²) in [5, 5.41) is 0. The Kier molecular flexibility index (Phi) is 6.34. The van der Waals surface area contributed by atoms with Gasteiger partial charge in [0.15, 0.2) is 5.78 Å². The third-order valence-electron chi connectivity index (χ3n) is 5.21. The molecule has 0 bridgehead atoms. The number of carbonyl (C=O) groups is 1. The van der Waals surface area contributed by atoms with Crippen LogP contribution in [0.25, 0.3) is 5.69 Å². The molecule has 0 spiro atoms. The number of aryl methyl sites for hydroxylation is 1. The van der Waals surface area contributed by atoms with Gasteiger partial charge in [-0.15, -0.1) is 11.8 Å². The van der Waals surface area contributed by atoms with Crippen molar-refractivity contribution in [3.63, 3.8) is 0 Å². The van der Waals surface area contributed by atoms with Gasteiger partial charge in [0, 0.05) is 53.7 Å². The Morgan fingerprint density at radius 1 is 1.11 bits per heavy atom. The van der Waals surface area contributed by atoms with Crippen LogP contribution >= 0.6 is 11.8 Å². The molecule has 6 nitrogen and oxygen atoms in total. The second kappa shape index (κ2) is 8.41. The van der Waals surface area contributed by atoms with Gasteiger partial charge in [0.05, 0.1) is 12.8 Å². The van der Waals surface area contributed by atoms with Gasteiger partial charge in [-0.1, -0.05) is 6.07 Å². The van der Waals surface area contributed by atoms with Crippen molar-refractivity contribution in [2.75, 3.05) is 45.2 Å². The monoisotopic (exact) mass is 421 g/mol. The molecule has 0 N–H and O–H groups in total. The number of rotatable bonds is 6. The van der Waals surface area contributed by atoms with Crippen molar-refractivity contribution in [3.8, 4) is 5.69 Å². The van der Waals surface area contributed by atoms with Gasteiger partial charge in [0.25, 0.3) is 0 Å². The quantitative estimate of drug-likeness (QED) is 0.530. The fraction of sp³-hybridized carbons (Fsp3) is 0.450. The molecule has 152 valence electrons. The van der Waals surface area contributed by atoms with E-state index in [1.165, 1.54) is 15.5 Å². The van der Waals surface area contributed by atoms with Gasteiger partial charge in [-0.25, -0.2) is 8.42 Å². The minimum Gasteiger partial charge on any atom is -0.318 e. The van der Waals surface area contributed by atoms with Gasteiger partial charge in [-0.3, -0.25) is 9.69 Å². The van der Waals surface area contributed by atoms with Crippen LogP contribution in [0.5, 0.6) is 0 Å². The average Bonchev–Trinajstić information content (AvgIpc) is 2.96. The zero-order valence-electron chi connectivity index (χ0n) is 16.8. The summed E-state index contributed by atoms with van der Waals surface area (Å²) in [6, 6.07) is 10.2. The van der Waals surface area contributed by atoms with Crippen LogP contribution in [0.4, 0.5) is 0 Å². The number of hydrogen-bond donors (Lipinski definition) is 0. The predicted molar refractivity (Wildman–Crippen MR) is 114 cm³/mol. The highest BCUT2D eigenvalue weighted by molar-refractivity contribution is 7.98. The van der Waals surface area contributed by atoms with E-state index in [4.69, 9.17) is 0 Å². The van der Waals surface area contributed by atoms with E-state index in [0.29, 0.717) is 32.7 Å². The van der Waals surface area contributed by atoms with E-state index in [1.807, 2.05) is 37.1 Å². The zero-order chi connectivity index (χ0) is 20.5. The summed E-state index contributed by atoms with van der Waals surface area (Å²) in [4.78, 5) is 16.2. The lowest BCUT2D eigenvalue weighted by Gasteiger charge is -2.32. The van der Waals surface area contributed by atoms with Gasteiger partial charge in [0.1, 0.15) is 0 Å². The molecule has 8 heteroatoms. The Morgan fingerprint density at radius 2 is 1.79 bits per heavy atom. The molecular formula is C20H27N3O3S2. The molecule has 1 aliphatic rings. The van der Waals surface area contributed by atoms with Crippen LogP contribution in [0.1, 0.15) is 21.7 Å². The molecule has 1 aliphatic heterocycles. The lowest BCUT2D eigenvalue weighted by atomic mass is 10.1. The molecule has 0 radical (unpaired) electrons. The zero-order valence-corrected chi connectivity index (χ0v) is 18.4. The fourth-order valence-corrected chi connectivity index (χ4v) is 4.98. The van der Waals surface area contributed by atoms with Crippen molar-refractivity contribution in [1.29, 1.82) is 0 Å². The van der Waals surface area contributed by atoms with Gasteiger partial charge in [-0.05, 0) is 44.4 Å². The topological polar surface area (TPSA) is 62.6 Å². The molecule has 0 atom stereocenters. The summed E-state index contributed by atoms with van der Waals surface area (Å²) in [6.45, 7) is 6.33. The minimum atomic E-state index is -3.16. The first-order valence-electron chi connectivity index (χ1n) is 9.24. The molecule has 3 rings (SSSR count). The van der Waals surface area contributed by atoms with Crippen LogP contribution in [0.15, 0.2) is 35.2 Å². The standard InChI is InChI=1S/C20H27N3O3S2/c1-15-12-19(16(2)23(15)17-6-5-7-18(13-17)27-3)20(24)14-21-8-10-22(11-9-21)28(4,25)26/h5-7,12-13H,8-11,14H2,1-4H3. The third-order valence-corrected chi connectivity index (χ3v) is 7.24. The average molecular weight is 422 g/mol. The molecule has 0 aliphatic carbocycles. The second-order valence-corrected chi connectivity index (χ2v) is 10.0. The SMILES string of the molecule is CSc1cccc(-n2c(C)cc(C(=O)CN3CCN(S(C)(=O)=O)CC3)c2C)c1. The predicted octanol–water partition coefficient (Wildman–Crippen LogP) is 2.58. The number of sulfonamides is 1. The molecule has 0 unspecified atom stereocenters. The number of carbonyl (C=O) groups excluding carboxylic acids is 1. The number of benzene rings is 1. The smallest absolute Gasteiger partial charge is 0.211 e. The Morgan fingerprint density at radius 3 is 2.39 bits per heavy atom. The maximum Gasteiger partial charge on any atom is 0.211 e. The Hall–Kier alpha value is -1.61. The number of hydrogen-bond acceptors (Lipinski definition) is 5. The van der Waals surface area contributed by atoms with Crippen LogP contribution in [0.3, 0.4) is 0 Å². The summed E-state index contributed by atoms with van der Waals surface area (Å²) in [5.41, 5.74) is 3.76. The third kappa shape index (κ3) is 4.51. The molecular weight excluding hydrogens is 394 g/mol. The largest absolute Gasteiger partial charge is 0.318 e. The fourth-order valence-electron chi connectivity index (χ4n) is 3.70. The number of aromatic nitrogens is 1. The molecule has 0 saturated carbocycles. The number of ketones is 1. The van der Waals surface area contributed by atoms with Gasteiger partial charge in [0.2, 0.25) is 10.0 Å². The molecule has 2 heterocycles. The Labute approximate surface area is 171 Å². The number of nitrogens with zero attached hydrogens (tertiary/aromatic N) is 3. The van der Waals surface area contributed by atoms with E-state index < -0.39 is 10.0 Å².